The standard InChI is InChI=1S/C16H21N3/c1-19-10-9-17-14(12-19)11-18-16-8-4-6-13-5-2-3-7-15(13)16/h2-8,14,17-18H,9-12H2,1H3. The van der Waals surface area contributed by atoms with E-state index in [4.69, 9.17) is 0 Å². The number of benzene rings is 2. The molecule has 1 aliphatic heterocycles. The zero-order chi connectivity index (χ0) is 13.1. The summed E-state index contributed by atoms with van der Waals surface area (Å²) < 4.78 is 0. The molecule has 2 aromatic rings. The van der Waals surface area contributed by atoms with Crippen LogP contribution in [0.5, 0.6) is 0 Å². The summed E-state index contributed by atoms with van der Waals surface area (Å²) in [6.45, 7) is 4.30. The monoisotopic (exact) mass is 255 g/mol. The fraction of sp³-hybridized carbons (Fsp3) is 0.375. The lowest BCUT2D eigenvalue weighted by molar-refractivity contribution is 0.244. The minimum Gasteiger partial charge on any atom is -0.383 e. The van der Waals surface area contributed by atoms with Crippen LogP contribution in [-0.4, -0.2) is 44.2 Å². The third-order valence-electron chi connectivity index (χ3n) is 3.79. The molecule has 1 unspecified atom stereocenters. The molecule has 0 radical (unpaired) electrons. The van der Waals surface area contributed by atoms with Crippen LogP contribution < -0.4 is 10.6 Å². The highest BCUT2D eigenvalue weighted by Gasteiger charge is 2.15. The van der Waals surface area contributed by atoms with Gasteiger partial charge in [0.25, 0.3) is 0 Å². The summed E-state index contributed by atoms with van der Waals surface area (Å²) in [5, 5.41) is 9.75. The van der Waals surface area contributed by atoms with Crippen molar-refractivity contribution in [2.24, 2.45) is 0 Å². The first kappa shape index (κ1) is 12.5. The van der Waals surface area contributed by atoms with Crippen molar-refractivity contribution in [1.82, 2.24) is 10.2 Å². The molecule has 0 bridgehead atoms. The second-order valence-electron chi connectivity index (χ2n) is 5.32. The minimum atomic E-state index is 0.526. The topological polar surface area (TPSA) is 27.3 Å². The van der Waals surface area contributed by atoms with Gasteiger partial charge in [-0.3, -0.25) is 0 Å². The SMILES string of the molecule is CN1CCNC(CNc2cccc3ccccc23)C1. The first-order valence-corrected chi connectivity index (χ1v) is 6.96. The molecule has 0 aliphatic carbocycles. The number of hydrogen-bond acceptors (Lipinski definition) is 3. The molecule has 3 heteroatoms. The van der Waals surface area contributed by atoms with Crippen LogP contribution in [0, 0.1) is 0 Å². The third kappa shape index (κ3) is 2.88. The Morgan fingerprint density at radius 3 is 2.95 bits per heavy atom. The van der Waals surface area contributed by atoms with E-state index >= 15 is 0 Å². The maximum Gasteiger partial charge on any atom is 0.0420 e. The lowest BCUT2D eigenvalue weighted by Gasteiger charge is -2.31. The number of anilines is 1. The Morgan fingerprint density at radius 1 is 1.21 bits per heavy atom. The molecule has 0 amide bonds. The highest BCUT2D eigenvalue weighted by molar-refractivity contribution is 5.93. The van der Waals surface area contributed by atoms with E-state index in [2.05, 4.69) is 65.0 Å². The van der Waals surface area contributed by atoms with Gasteiger partial charge in [0.05, 0.1) is 0 Å². The van der Waals surface area contributed by atoms with Crippen LogP contribution in [-0.2, 0) is 0 Å². The van der Waals surface area contributed by atoms with Crippen molar-refractivity contribution in [3.8, 4) is 0 Å². The van der Waals surface area contributed by atoms with Crippen LogP contribution in [0.2, 0.25) is 0 Å². The van der Waals surface area contributed by atoms with Crippen LogP contribution in [0.4, 0.5) is 5.69 Å². The molecule has 2 aromatic carbocycles. The van der Waals surface area contributed by atoms with Gasteiger partial charge in [0.1, 0.15) is 0 Å². The van der Waals surface area contributed by atoms with Gasteiger partial charge in [0.2, 0.25) is 0 Å². The number of fused-ring (bicyclic) bond motifs is 1. The van der Waals surface area contributed by atoms with E-state index in [0.717, 1.165) is 26.2 Å². The molecule has 1 heterocycles. The van der Waals surface area contributed by atoms with Crippen molar-refractivity contribution in [1.29, 1.82) is 0 Å². The summed E-state index contributed by atoms with van der Waals surface area (Å²) >= 11 is 0. The van der Waals surface area contributed by atoms with Crippen molar-refractivity contribution in [2.45, 2.75) is 6.04 Å². The van der Waals surface area contributed by atoms with E-state index in [1.165, 1.54) is 16.5 Å². The van der Waals surface area contributed by atoms with Gasteiger partial charge >= 0.3 is 0 Å². The zero-order valence-corrected chi connectivity index (χ0v) is 11.4. The van der Waals surface area contributed by atoms with Crippen molar-refractivity contribution < 1.29 is 0 Å². The largest absolute Gasteiger partial charge is 0.383 e. The lowest BCUT2D eigenvalue weighted by atomic mass is 10.1. The van der Waals surface area contributed by atoms with Crippen molar-refractivity contribution in [3.63, 3.8) is 0 Å². The molecule has 2 N–H and O–H groups in total. The first-order valence-electron chi connectivity index (χ1n) is 6.96. The average Bonchev–Trinajstić information content (AvgIpc) is 2.45. The number of nitrogens with zero attached hydrogens (tertiary/aromatic N) is 1. The lowest BCUT2D eigenvalue weighted by Crippen LogP contribution is -2.51. The third-order valence-corrected chi connectivity index (χ3v) is 3.79. The van der Waals surface area contributed by atoms with Crippen molar-refractivity contribution in [3.05, 3.63) is 42.5 Å². The summed E-state index contributed by atoms with van der Waals surface area (Å²) in [7, 11) is 2.19. The Hall–Kier alpha value is -1.58. The van der Waals surface area contributed by atoms with E-state index < -0.39 is 0 Å². The Morgan fingerprint density at radius 2 is 2.05 bits per heavy atom. The van der Waals surface area contributed by atoms with Gasteiger partial charge in [0.15, 0.2) is 0 Å². The first-order chi connectivity index (χ1) is 9.33. The minimum absolute atomic E-state index is 0.526. The van der Waals surface area contributed by atoms with Gasteiger partial charge in [-0.05, 0) is 18.5 Å². The zero-order valence-electron chi connectivity index (χ0n) is 11.4. The fourth-order valence-electron chi connectivity index (χ4n) is 2.74. The van der Waals surface area contributed by atoms with Crippen LogP contribution >= 0.6 is 0 Å². The second kappa shape index (κ2) is 5.59. The average molecular weight is 255 g/mol. The molecule has 1 saturated heterocycles. The summed E-state index contributed by atoms with van der Waals surface area (Å²) in [6.07, 6.45) is 0. The Balaban J connectivity index is 1.71. The predicted octanol–water partition coefficient (Wildman–Crippen LogP) is 2.16. The summed E-state index contributed by atoms with van der Waals surface area (Å²) in [6, 6.07) is 15.5. The molecule has 19 heavy (non-hydrogen) atoms. The Labute approximate surface area is 114 Å². The molecule has 0 saturated carbocycles. The quantitative estimate of drug-likeness (QED) is 0.880. The van der Waals surface area contributed by atoms with E-state index in [1.54, 1.807) is 0 Å². The van der Waals surface area contributed by atoms with Crippen molar-refractivity contribution in [2.75, 3.05) is 38.5 Å². The second-order valence-corrected chi connectivity index (χ2v) is 5.32. The summed E-state index contributed by atoms with van der Waals surface area (Å²) in [4.78, 5) is 2.38. The van der Waals surface area contributed by atoms with E-state index in [1.807, 2.05) is 0 Å². The number of likely N-dealkylation sites (N-methyl/N-ethyl adjacent to an activating group) is 1. The molecule has 0 aromatic heterocycles. The van der Waals surface area contributed by atoms with Gasteiger partial charge in [-0.1, -0.05) is 36.4 Å². The summed E-state index contributed by atoms with van der Waals surface area (Å²) in [5.74, 6) is 0. The molecule has 100 valence electrons. The normalized spacial score (nSPS) is 20.6. The van der Waals surface area contributed by atoms with Crippen LogP contribution in [0.3, 0.4) is 0 Å². The maximum absolute atomic E-state index is 3.59. The number of piperazine rings is 1. The van der Waals surface area contributed by atoms with Gasteiger partial charge in [0, 0.05) is 43.3 Å². The molecule has 3 nitrogen and oxygen atoms in total. The number of rotatable bonds is 3. The molecule has 1 atom stereocenters. The predicted molar refractivity (Wildman–Crippen MR) is 81.7 cm³/mol. The fourth-order valence-corrected chi connectivity index (χ4v) is 2.74. The maximum atomic E-state index is 3.59. The molecule has 0 spiro atoms. The Kier molecular flexibility index (Phi) is 3.67. The highest BCUT2D eigenvalue weighted by Crippen LogP contribution is 2.22. The Bertz CT molecular complexity index is 547. The molecule has 1 fully saturated rings. The summed E-state index contributed by atoms with van der Waals surface area (Å²) in [5.41, 5.74) is 1.23. The van der Waals surface area contributed by atoms with E-state index in [-0.39, 0.29) is 0 Å². The molecular formula is C16H21N3. The van der Waals surface area contributed by atoms with Gasteiger partial charge < -0.3 is 15.5 Å². The smallest absolute Gasteiger partial charge is 0.0420 e. The number of nitrogens with one attached hydrogen (secondary N) is 2. The van der Waals surface area contributed by atoms with Gasteiger partial charge in [-0.25, -0.2) is 0 Å². The number of hydrogen-bond donors (Lipinski definition) is 2. The van der Waals surface area contributed by atoms with E-state index in [0.29, 0.717) is 6.04 Å². The molecule has 3 rings (SSSR count). The van der Waals surface area contributed by atoms with E-state index in [9.17, 15) is 0 Å². The van der Waals surface area contributed by atoms with Crippen molar-refractivity contribution >= 4 is 16.5 Å². The molecule has 1 aliphatic rings. The highest BCUT2D eigenvalue weighted by atomic mass is 15.2. The van der Waals surface area contributed by atoms with Gasteiger partial charge in [-0.2, -0.15) is 0 Å². The van der Waals surface area contributed by atoms with Crippen LogP contribution in [0.1, 0.15) is 0 Å². The molecular weight excluding hydrogens is 234 g/mol. The van der Waals surface area contributed by atoms with Crippen LogP contribution in [0.15, 0.2) is 42.5 Å². The van der Waals surface area contributed by atoms with Gasteiger partial charge in [-0.15, -0.1) is 0 Å². The van der Waals surface area contributed by atoms with Crippen LogP contribution in [0.25, 0.3) is 10.8 Å².